The van der Waals surface area contributed by atoms with Crippen molar-refractivity contribution < 1.29 is 15.0 Å². The van der Waals surface area contributed by atoms with Gasteiger partial charge in [0.05, 0.1) is 6.10 Å². The average Bonchev–Trinajstić information content (AvgIpc) is 2.19. The maximum atomic E-state index is 10.4. The first-order chi connectivity index (χ1) is 6.61. The van der Waals surface area contributed by atoms with E-state index in [1.54, 1.807) is 24.3 Å². The molecule has 0 saturated heterocycles. The molecule has 1 unspecified atom stereocenters. The van der Waals surface area contributed by atoms with Crippen LogP contribution in [0.5, 0.6) is 0 Å². The highest BCUT2D eigenvalue weighted by Crippen LogP contribution is 2.16. The van der Waals surface area contributed by atoms with Crippen LogP contribution in [0.15, 0.2) is 30.3 Å². The molecule has 0 amide bonds. The topological polar surface area (TPSA) is 83.5 Å². The lowest BCUT2D eigenvalue weighted by Gasteiger charge is -2.13. The molecule has 0 aliphatic heterocycles. The van der Waals surface area contributed by atoms with E-state index in [0.29, 0.717) is 5.56 Å². The van der Waals surface area contributed by atoms with Crippen molar-refractivity contribution in [3.05, 3.63) is 35.9 Å². The Bertz CT molecular complexity index is 299. The first-order valence-electron chi connectivity index (χ1n) is 4.32. The van der Waals surface area contributed by atoms with Crippen molar-refractivity contribution in [2.75, 3.05) is 0 Å². The molecule has 1 aromatic rings. The smallest absolute Gasteiger partial charge is 0.320 e. The third kappa shape index (κ3) is 2.83. The number of carbonyl (C=O) groups is 1. The zero-order valence-corrected chi connectivity index (χ0v) is 7.63. The molecule has 2 atom stereocenters. The van der Waals surface area contributed by atoms with Crippen LogP contribution in [0, 0.1) is 0 Å². The fraction of sp³-hybridized carbons (Fsp3) is 0.300. The lowest BCUT2D eigenvalue weighted by atomic mass is 10.0. The largest absolute Gasteiger partial charge is 0.480 e. The number of aliphatic hydroxyl groups is 1. The summed E-state index contributed by atoms with van der Waals surface area (Å²) in [5.74, 6) is -1.10. The Balaban J connectivity index is 2.59. The lowest BCUT2D eigenvalue weighted by Crippen LogP contribution is -2.31. The highest BCUT2D eigenvalue weighted by molar-refractivity contribution is 5.73. The summed E-state index contributed by atoms with van der Waals surface area (Å²) in [6, 6.07) is 7.84. The van der Waals surface area contributed by atoms with Gasteiger partial charge in [0, 0.05) is 6.42 Å². The second kappa shape index (κ2) is 4.74. The van der Waals surface area contributed by atoms with E-state index in [1.807, 2.05) is 6.07 Å². The van der Waals surface area contributed by atoms with Crippen LogP contribution in [-0.2, 0) is 4.79 Å². The number of hydrogen-bond donors (Lipinski definition) is 3. The van der Waals surface area contributed by atoms with Gasteiger partial charge in [-0.05, 0) is 5.56 Å². The summed E-state index contributed by atoms with van der Waals surface area (Å²) in [5, 5.41) is 18.1. The molecular formula is C10H13NO3. The molecule has 0 aliphatic carbocycles. The molecule has 4 heteroatoms. The van der Waals surface area contributed by atoms with E-state index in [2.05, 4.69) is 0 Å². The van der Waals surface area contributed by atoms with Gasteiger partial charge >= 0.3 is 5.97 Å². The Morgan fingerprint density at radius 2 is 1.93 bits per heavy atom. The van der Waals surface area contributed by atoms with E-state index in [9.17, 15) is 9.90 Å². The van der Waals surface area contributed by atoms with Crippen LogP contribution in [0.3, 0.4) is 0 Å². The molecule has 76 valence electrons. The molecule has 1 rings (SSSR count). The zero-order chi connectivity index (χ0) is 10.6. The number of nitrogens with two attached hydrogens (primary N) is 1. The Labute approximate surface area is 82.0 Å². The highest BCUT2D eigenvalue weighted by Gasteiger charge is 2.17. The standard InChI is InChI=1S/C10H13NO3/c11-8(10(13)14)6-9(12)7-4-2-1-3-5-7/h1-5,8-9,12H,6,11H2,(H,13,14)/t8?,9-/m0/s1. The van der Waals surface area contributed by atoms with E-state index in [1.165, 1.54) is 0 Å². The van der Waals surface area contributed by atoms with E-state index < -0.39 is 18.1 Å². The molecular weight excluding hydrogens is 182 g/mol. The average molecular weight is 195 g/mol. The number of benzene rings is 1. The maximum absolute atomic E-state index is 10.4. The molecule has 0 aromatic heterocycles. The number of carboxylic acid groups (broad SMARTS) is 1. The van der Waals surface area contributed by atoms with Crippen molar-refractivity contribution in [2.45, 2.75) is 18.6 Å². The Morgan fingerprint density at radius 1 is 1.36 bits per heavy atom. The SMILES string of the molecule is NC(C[C@H](O)c1ccccc1)C(=O)O. The predicted molar refractivity (Wildman–Crippen MR) is 51.6 cm³/mol. The highest BCUT2D eigenvalue weighted by atomic mass is 16.4. The molecule has 4 N–H and O–H groups in total. The van der Waals surface area contributed by atoms with Gasteiger partial charge in [0.15, 0.2) is 0 Å². The monoisotopic (exact) mass is 195 g/mol. The van der Waals surface area contributed by atoms with Crippen LogP contribution in [-0.4, -0.2) is 22.2 Å². The van der Waals surface area contributed by atoms with Crippen molar-refractivity contribution in [3.8, 4) is 0 Å². The molecule has 0 saturated carbocycles. The minimum Gasteiger partial charge on any atom is -0.480 e. The zero-order valence-electron chi connectivity index (χ0n) is 7.63. The summed E-state index contributed by atoms with van der Waals surface area (Å²) in [7, 11) is 0. The number of hydrogen-bond acceptors (Lipinski definition) is 3. The number of aliphatic carboxylic acids is 1. The minimum atomic E-state index is -1.10. The molecule has 0 spiro atoms. The molecule has 4 nitrogen and oxygen atoms in total. The summed E-state index contributed by atoms with van der Waals surface area (Å²) in [6.07, 6.45) is -0.790. The van der Waals surface area contributed by atoms with Crippen LogP contribution in [0.1, 0.15) is 18.1 Å². The molecule has 0 aliphatic rings. The lowest BCUT2D eigenvalue weighted by molar-refractivity contribution is -0.139. The van der Waals surface area contributed by atoms with E-state index in [-0.39, 0.29) is 6.42 Å². The van der Waals surface area contributed by atoms with Crippen LogP contribution < -0.4 is 5.73 Å². The second-order valence-corrected chi connectivity index (χ2v) is 3.11. The van der Waals surface area contributed by atoms with Gasteiger partial charge in [-0.3, -0.25) is 4.79 Å². The fourth-order valence-electron chi connectivity index (χ4n) is 1.15. The quantitative estimate of drug-likeness (QED) is 0.654. The fourth-order valence-corrected chi connectivity index (χ4v) is 1.15. The third-order valence-electron chi connectivity index (χ3n) is 1.98. The van der Waals surface area contributed by atoms with Gasteiger partial charge in [0.2, 0.25) is 0 Å². The van der Waals surface area contributed by atoms with E-state index in [0.717, 1.165) is 0 Å². The van der Waals surface area contributed by atoms with Crippen LogP contribution in [0.4, 0.5) is 0 Å². The summed E-state index contributed by atoms with van der Waals surface area (Å²) >= 11 is 0. The van der Waals surface area contributed by atoms with Gasteiger partial charge in [-0.2, -0.15) is 0 Å². The summed E-state index contributed by atoms with van der Waals surface area (Å²) < 4.78 is 0. The van der Waals surface area contributed by atoms with Gasteiger partial charge < -0.3 is 15.9 Å². The van der Waals surface area contributed by atoms with E-state index in [4.69, 9.17) is 10.8 Å². The Morgan fingerprint density at radius 3 is 2.43 bits per heavy atom. The molecule has 0 bridgehead atoms. The van der Waals surface area contributed by atoms with Crippen molar-refractivity contribution in [2.24, 2.45) is 5.73 Å². The van der Waals surface area contributed by atoms with Gasteiger partial charge in [-0.25, -0.2) is 0 Å². The van der Waals surface area contributed by atoms with Gasteiger partial charge in [0.1, 0.15) is 6.04 Å². The molecule has 0 radical (unpaired) electrons. The second-order valence-electron chi connectivity index (χ2n) is 3.11. The third-order valence-corrected chi connectivity index (χ3v) is 1.98. The Hall–Kier alpha value is -1.39. The number of rotatable bonds is 4. The molecule has 1 aromatic carbocycles. The van der Waals surface area contributed by atoms with Gasteiger partial charge in [-0.1, -0.05) is 30.3 Å². The van der Waals surface area contributed by atoms with Gasteiger partial charge in [-0.15, -0.1) is 0 Å². The van der Waals surface area contributed by atoms with Crippen molar-refractivity contribution in [3.63, 3.8) is 0 Å². The molecule has 14 heavy (non-hydrogen) atoms. The van der Waals surface area contributed by atoms with Gasteiger partial charge in [0.25, 0.3) is 0 Å². The first-order valence-corrected chi connectivity index (χ1v) is 4.32. The predicted octanol–water partition coefficient (Wildman–Crippen LogP) is 0.522. The van der Waals surface area contributed by atoms with Crippen LogP contribution >= 0.6 is 0 Å². The van der Waals surface area contributed by atoms with Crippen molar-refractivity contribution >= 4 is 5.97 Å². The molecule has 0 fully saturated rings. The van der Waals surface area contributed by atoms with Crippen molar-refractivity contribution in [1.29, 1.82) is 0 Å². The normalized spacial score (nSPS) is 14.7. The van der Waals surface area contributed by atoms with E-state index >= 15 is 0 Å². The number of carboxylic acids is 1. The van der Waals surface area contributed by atoms with Crippen LogP contribution in [0.25, 0.3) is 0 Å². The van der Waals surface area contributed by atoms with Crippen molar-refractivity contribution in [1.82, 2.24) is 0 Å². The van der Waals surface area contributed by atoms with Crippen LogP contribution in [0.2, 0.25) is 0 Å². The summed E-state index contributed by atoms with van der Waals surface area (Å²) in [6.45, 7) is 0. The number of aliphatic hydroxyl groups excluding tert-OH is 1. The summed E-state index contributed by atoms with van der Waals surface area (Å²) in [5.41, 5.74) is 5.98. The summed E-state index contributed by atoms with van der Waals surface area (Å²) in [4.78, 5) is 10.4. The first kappa shape index (κ1) is 10.7. The maximum Gasteiger partial charge on any atom is 0.320 e. The molecule has 0 heterocycles. The minimum absolute atomic E-state index is 0.0271. The Kier molecular flexibility index (Phi) is 3.62.